The summed E-state index contributed by atoms with van der Waals surface area (Å²) in [7, 11) is 1.94. The predicted molar refractivity (Wildman–Crippen MR) is 61.6 cm³/mol. The van der Waals surface area contributed by atoms with Gasteiger partial charge in [-0.15, -0.1) is 0 Å². The maximum Gasteiger partial charge on any atom is 0.123 e. The Morgan fingerprint density at radius 3 is 3.07 bits per heavy atom. The first-order valence-corrected chi connectivity index (χ1v) is 5.59. The van der Waals surface area contributed by atoms with Gasteiger partial charge in [-0.1, -0.05) is 13.3 Å². The van der Waals surface area contributed by atoms with Crippen LogP contribution in [0.25, 0.3) is 0 Å². The topological polar surface area (TPSA) is 55.9 Å². The van der Waals surface area contributed by atoms with E-state index in [0.29, 0.717) is 6.04 Å². The lowest BCUT2D eigenvalue weighted by atomic mass is 9.85. The lowest BCUT2D eigenvalue weighted by molar-refractivity contribution is 0.315. The molecule has 1 fully saturated rings. The van der Waals surface area contributed by atoms with E-state index in [0.717, 1.165) is 18.8 Å². The van der Waals surface area contributed by atoms with Gasteiger partial charge in [0, 0.05) is 25.7 Å². The zero-order chi connectivity index (χ0) is 10.9. The normalized spacial score (nSPS) is 30.7. The SMILES string of the molecule is Cn1nccc1NCC1(C)CCCC1N. The molecule has 1 aromatic rings. The van der Waals surface area contributed by atoms with Crippen LogP contribution in [0.3, 0.4) is 0 Å². The molecule has 1 heterocycles. The zero-order valence-corrected chi connectivity index (χ0v) is 9.53. The highest BCUT2D eigenvalue weighted by atomic mass is 15.3. The number of rotatable bonds is 3. The van der Waals surface area contributed by atoms with E-state index >= 15 is 0 Å². The fourth-order valence-electron chi connectivity index (χ4n) is 2.32. The zero-order valence-electron chi connectivity index (χ0n) is 9.53. The second-order valence-electron chi connectivity index (χ2n) is 4.85. The van der Waals surface area contributed by atoms with Crippen LogP contribution in [-0.2, 0) is 7.05 Å². The van der Waals surface area contributed by atoms with Crippen LogP contribution in [0.1, 0.15) is 26.2 Å². The molecule has 4 nitrogen and oxygen atoms in total. The fraction of sp³-hybridized carbons (Fsp3) is 0.727. The van der Waals surface area contributed by atoms with Crippen molar-refractivity contribution in [3.05, 3.63) is 12.3 Å². The average Bonchev–Trinajstić information content (AvgIpc) is 2.73. The highest BCUT2D eigenvalue weighted by Gasteiger charge is 2.36. The van der Waals surface area contributed by atoms with E-state index in [4.69, 9.17) is 5.73 Å². The van der Waals surface area contributed by atoms with E-state index in [1.807, 2.05) is 17.8 Å². The first kappa shape index (κ1) is 10.5. The molecule has 15 heavy (non-hydrogen) atoms. The second kappa shape index (κ2) is 3.85. The third kappa shape index (κ3) is 2.00. The molecule has 1 saturated carbocycles. The van der Waals surface area contributed by atoms with Gasteiger partial charge >= 0.3 is 0 Å². The average molecular weight is 208 g/mol. The van der Waals surface area contributed by atoms with Gasteiger partial charge in [0.05, 0.1) is 6.20 Å². The Kier molecular flexibility index (Phi) is 2.69. The van der Waals surface area contributed by atoms with Crippen molar-refractivity contribution in [3.8, 4) is 0 Å². The van der Waals surface area contributed by atoms with Crippen molar-refractivity contribution in [1.29, 1.82) is 0 Å². The molecule has 3 N–H and O–H groups in total. The predicted octanol–water partition coefficient (Wildman–Crippen LogP) is 1.35. The highest BCUT2D eigenvalue weighted by molar-refractivity contribution is 5.34. The molecule has 1 aromatic heterocycles. The van der Waals surface area contributed by atoms with Gasteiger partial charge in [0.25, 0.3) is 0 Å². The van der Waals surface area contributed by atoms with Gasteiger partial charge in [-0.25, -0.2) is 0 Å². The molecule has 0 aliphatic heterocycles. The van der Waals surface area contributed by atoms with Crippen molar-refractivity contribution >= 4 is 5.82 Å². The molecule has 0 bridgehead atoms. The summed E-state index contributed by atoms with van der Waals surface area (Å²) in [6.45, 7) is 3.21. The van der Waals surface area contributed by atoms with Crippen molar-refractivity contribution in [2.24, 2.45) is 18.2 Å². The van der Waals surface area contributed by atoms with Crippen LogP contribution in [0.5, 0.6) is 0 Å². The molecule has 0 spiro atoms. The maximum atomic E-state index is 6.13. The quantitative estimate of drug-likeness (QED) is 0.788. The second-order valence-corrected chi connectivity index (χ2v) is 4.85. The summed E-state index contributed by atoms with van der Waals surface area (Å²) in [4.78, 5) is 0. The van der Waals surface area contributed by atoms with Gasteiger partial charge in [-0.3, -0.25) is 4.68 Å². The van der Waals surface area contributed by atoms with Gasteiger partial charge in [-0.05, 0) is 18.3 Å². The molecule has 2 atom stereocenters. The largest absolute Gasteiger partial charge is 0.370 e. The van der Waals surface area contributed by atoms with Crippen LogP contribution in [-0.4, -0.2) is 22.4 Å². The lowest BCUT2D eigenvalue weighted by Gasteiger charge is -2.29. The van der Waals surface area contributed by atoms with Crippen molar-refractivity contribution in [1.82, 2.24) is 9.78 Å². The summed E-state index contributed by atoms with van der Waals surface area (Å²) in [6.07, 6.45) is 5.44. The molecule has 1 aliphatic rings. The Bertz CT molecular complexity index is 333. The summed E-state index contributed by atoms with van der Waals surface area (Å²) in [6, 6.07) is 2.32. The van der Waals surface area contributed by atoms with E-state index < -0.39 is 0 Å². The van der Waals surface area contributed by atoms with Gasteiger partial charge < -0.3 is 11.1 Å². The first-order valence-electron chi connectivity index (χ1n) is 5.59. The number of hydrogen-bond donors (Lipinski definition) is 2. The molecule has 4 heteroatoms. The van der Waals surface area contributed by atoms with Crippen LogP contribution >= 0.6 is 0 Å². The van der Waals surface area contributed by atoms with Gasteiger partial charge in [0.1, 0.15) is 5.82 Å². The van der Waals surface area contributed by atoms with Crippen LogP contribution in [0.4, 0.5) is 5.82 Å². The molecule has 2 unspecified atom stereocenters. The third-order valence-corrected chi connectivity index (χ3v) is 3.65. The Labute approximate surface area is 90.8 Å². The summed E-state index contributed by atoms with van der Waals surface area (Å²) in [5.41, 5.74) is 6.37. The molecule has 84 valence electrons. The number of nitrogens with one attached hydrogen (secondary N) is 1. The minimum absolute atomic E-state index is 0.240. The highest BCUT2D eigenvalue weighted by Crippen LogP contribution is 2.36. The third-order valence-electron chi connectivity index (χ3n) is 3.65. The lowest BCUT2D eigenvalue weighted by Crippen LogP contribution is -2.40. The Balaban J connectivity index is 1.96. The van der Waals surface area contributed by atoms with E-state index in [1.165, 1.54) is 12.8 Å². The summed E-state index contributed by atoms with van der Waals surface area (Å²) >= 11 is 0. The first-order chi connectivity index (χ1) is 7.12. The Hall–Kier alpha value is -1.03. The van der Waals surface area contributed by atoms with Gasteiger partial charge in [0.2, 0.25) is 0 Å². The number of nitrogens with zero attached hydrogens (tertiary/aromatic N) is 2. The van der Waals surface area contributed by atoms with Gasteiger partial charge in [0.15, 0.2) is 0 Å². The molecular formula is C11H20N4. The molecule has 1 aliphatic carbocycles. The van der Waals surface area contributed by atoms with Crippen molar-refractivity contribution < 1.29 is 0 Å². The standard InChI is InChI=1S/C11H20N4/c1-11(6-3-4-9(11)12)8-13-10-5-7-14-15(10)2/h5,7,9,13H,3-4,6,8,12H2,1-2H3. The van der Waals surface area contributed by atoms with E-state index in [1.54, 1.807) is 6.20 Å². The minimum atomic E-state index is 0.240. The molecule has 0 aromatic carbocycles. The Morgan fingerprint density at radius 1 is 1.73 bits per heavy atom. The van der Waals surface area contributed by atoms with Crippen molar-refractivity contribution in [3.63, 3.8) is 0 Å². The molecule has 0 saturated heterocycles. The number of hydrogen-bond acceptors (Lipinski definition) is 3. The summed E-state index contributed by atoms with van der Waals surface area (Å²) < 4.78 is 1.85. The smallest absolute Gasteiger partial charge is 0.123 e. The van der Waals surface area contributed by atoms with Crippen LogP contribution in [0.2, 0.25) is 0 Å². The van der Waals surface area contributed by atoms with Crippen LogP contribution in [0.15, 0.2) is 12.3 Å². The molecule has 0 amide bonds. The summed E-state index contributed by atoms with van der Waals surface area (Å²) in [5, 5.41) is 7.55. The number of aromatic nitrogens is 2. The summed E-state index contributed by atoms with van der Waals surface area (Å²) in [5.74, 6) is 1.07. The molecule has 0 radical (unpaired) electrons. The maximum absolute atomic E-state index is 6.13. The molecule has 2 rings (SSSR count). The van der Waals surface area contributed by atoms with Crippen molar-refractivity contribution in [2.45, 2.75) is 32.2 Å². The number of aryl methyl sites for hydroxylation is 1. The van der Waals surface area contributed by atoms with E-state index in [2.05, 4.69) is 17.3 Å². The molecular weight excluding hydrogens is 188 g/mol. The fourth-order valence-corrected chi connectivity index (χ4v) is 2.32. The van der Waals surface area contributed by atoms with E-state index in [9.17, 15) is 0 Å². The van der Waals surface area contributed by atoms with Crippen LogP contribution < -0.4 is 11.1 Å². The number of anilines is 1. The van der Waals surface area contributed by atoms with Crippen LogP contribution in [0, 0.1) is 5.41 Å². The minimum Gasteiger partial charge on any atom is -0.370 e. The monoisotopic (exact) mass is 208 g/mol. The van der Waals surface area contributed by atoms with Crippen molar-refractivity contribution in [2.75, 3.05) is 11.9 Å². The Morgan fingerprint density at radius 2 is 2.53 bits per heavy atom. The number of nitrogens with two attached hydrogens (primary N) is 1. The van der Waals surface area contributed by atoms with Gasteiger partial charge in [-0.2, -0.15) is 5.10 Å². The van der Waals surface area contributed by atoms with E-state index in [-0.39, 0.29) is 5.41 Å².